The molecule has 1 saturated heterocycles. The Morgan fingerprint density at radius 1 is 1.11 bits per heavy atom. The van der Waals surface area contributed by atoms with Crippen molar-refractivity contribution >= 4 is 11.0 Å². The Kier molecular flexibility index (Phi) is 4.49. The second-order valence-corrected chi connectivity index (χ2v) is 7.15. The number of benzene rings is 2. The smallest absolute Gasteiger partial charge is 0.197 e. The van der Waals surface area contributed by atoms with Gasteiger partial charge in [0.15, 0.2) is 5.43 Å². The highest BCUT2D eigenvalue weighted by molar-refractivity contribution is 5.90. The van der Waals surface area contributed by atoms with Gasteiger partial charge in [0, 0.05) is 29.7 Å². The van der Waals surface area contributed by atoms with Crippen molar-refractivity contribution in [2.24, 2.45) is 0 Å². The zero-order valence-electron chi connectivity index (χ0n) is 15.3. The van der Waals surface area contributed by atoms with E-state index < -0.39 is 5.43 Å². The van der Waals surface area contributed by atoms with E-state index in [9.17, 15) is 25.2 Å². The van der Waals surface area contributed by atoms with Gasteiger partial charge in [0.1, 0.15) is 34.0 Å². The summed E-state index contributed by atoms with van der Waals surface area (Å²) in [6, 6.07) is 8.55. The fraction of sp³-hybridized carbons (Fsp3) is 0.286. The highest BCUT2D eigenvalue weighted by Crippen LogP contribution is 2.44. The van der Waals surface area contributed by atoms with Gasteiger partial charge in [-0.1, -0.05) is 12.1 Å². The molecule has 7 nitrogen and oxygen atoms in total. The van der Waals surface area contributed by atoms with Crippen LogP contribution in [-0.4, -0.2) is 51.6 Å². The van der Waals surface area contributed by atoms with Crippen molar-refractivity contribution in [3.8, 4) is 28.6 Å². The normalized spacial score (nSPS) is 20.1. The number of fused-ring (bicyclic) bond motifs is 1. The maximum atomic E-state index is 12.8. The van der Waals surface area contributed by atoms with Gasteiger partial charge in [0.25, 0.3) is 0 Å². The van der Waals surface area contributed by atoms with Crippen LogP contribution in [-0.2, 0) is 0 Å². The molecule has 4 N–H and O–H groups in total. The number of nitrogens with zero attached hydrogens (tertiary/aromatic N) is 1. The van der Waals surface area contributed by atoms with Gasteiger partial charge < -0.3 is 29.7 Å². The first-order valence-electron chi connectivity index (χ1n) is 9.04. The predicted octanol–water partition coefficient (Wildman–Crippen LogP) is 2.36. The molecule has 2 aromatic carbocycles. The van der Waals surface area contributed by atoms with Crippen LogP contribution in [0.4, 0.5) is 0 Å². The Hall–Kier alpha value is -3.03. The summed E-state index contributed by atoms with van der Waals surface area (Å²) in [5.41, 5.74) is 0.301. The largest absolute Gasteiger partial charge is 0.507 e. The average Bonchev–Trinajstić information content (AvgIpc) is 3.01. The van der Waals surface area contributed by atoms with Crippen molar-refractivity contribution in [3.63, 3.8) is 0 Å². The molecule has 1 aromatic heterocycles. The lowest BCUT2D eigenvalue weighted by molar-refractivity contribution is 0.172. The lowest BCUT2D eigenvalue weighted by Gasteiger charge is -2.24. The molecule has 4 rings (SSSR count). The number of likely N-dealkylation sites (tertiary alicyclic amines) is 1. The van der Waals surface area contributed by atoms with Crippen LogP contribution in [0.2, 0.25) is 0 Å². The molecule has 2 atom stereocenters. The minimum atomic E-state index is -0.481. The van der Waals surface area contributed by atoms with E-state index in [4.69, 9.17) is 4.42 Å². The molecular weight excluding hydrogens is 362 g/mol. The van der Waals surface area contributed by atoms with Crippen LogP contribution in [0.1, 0.15) is 17.9 Å². The minimum Gasteiger partial charge on any atom is -0.507 e. The second kappa shape index (κ2) is 6.85. The third-order valence-corrected chi connectivity index (χ3v) is 5.55. The van der Waals surface area contributed by atoms with Crippen molar-refractivity contribution in [2.75, 3.05) is 20.2 Å². The van der Waals surface area contributed by atoms with Gasteiger partial charge in [-0.05, 0) is 32.1 Å². The number of hydrogen-bond acceptors (Lipinski definition) is 7. The van der Waals surface area contributed by atoms with Crippen LogP contribution < -0.4 is 5.43 Å². The van der Waals surface area contributed by atoms with Crippen LogP contribution in [0.3, 0.4) is 0 Å². The van der Waals surface area contributed by atoms with Crippen molar-refractivity contribution in [2.45, 2.75) is 18.4 Å². The number of rotatable bonds is 3. The molecule has 0 bridgehead atoms. The van der Waals surface area contributed by atoms with E-state index in [-0.39, 0.29) is 52.5 Å². The number of aromatic hydroxyl groups is 3. The lowest BCUT2D eigenvalue weighted by atomic mass is 9.89. The van der Waals surface area contributed by atoms with E-state index in [1.165, 1.54) is 12.1 Å². The number of para-hydroxylation sites is 1. The zero-order valence-corrected chi connectivity index (χ0v) is 15.3. The van der Waals surface area contributed by atoms with Crippen LogP contribution >= 0.6 is 0 Å². The Morgan fingerprint density at radius 3 is 2.57 bits per heavy atom. The maximum absolute atomic E-state index is 12.8. The van der Waals surface area contributed by atoms with E-state index in [2.05, 4.69) is 0 Å². The first kappa shape index (κ1) is 18.3. The molecule has 0 radical (unpaired) electrons. The van der Waals surface area contributed by atoms with Crippen LogP contribution in [0, 0.1) is 0 Å². The van der Waals surface area contributed by atoms with E-state index in [0.29, 0.717) is 24.1 Å². The summed E-state index contributed by atoms with van der Waals surface area (Å²) in [5.74, 6) is -0.763. The summed E-state index contributed by atoms with van der Waals surface area (Å²) in [5, 5.41) is 40.8. The monoisotopic (exact) mass is 383 g/mol. The topological polar surface area (TPSA) is 114 Å². The van der Waals surface area contributed by atoms with E-state index in [1.807, 2.05) is 11.9 Å². The highest BCUT2D eigenvalue weighted by Gasteiger charge is 2.36. The highest BCUT2D eigenvalue weighted by atomic mass is 16.3. The summed E-state index contributed by atoms with van der Waals surface area (Å²) in [6.07, 6.45) is 0.652. The van der Waals surface area contributed by atoms with Crippen molar-refractivity contribution in [1.29, 1.82) is 0 Å². The fourth-order valence-corrected chi connectivity index (χ4v) is 4.11. The quantitative estimate of drug-likeness (QED) is 0.549. The molecule has 146 valence electrons. The van der Waals surface area contributed by atoms with Gasteiger partial charge in [-0.25, -0.2) is 0 Å². The van der Waals surface area contributed by atoms with Crippen LogP contribution in [0.25, 0.3) is 22.3 Å². The molecule has 2 heterocycles. The SMILES string of the molecule is CN1CC[C@@H](c2c(O)cc(O)c3c(=O)cc(-c4ccccc4O)oc23)[C@@H]1CO. The number of aliphatic hydroxyl groups is 1. The van der Waals surface area contributed by atoms with Gasteiger partial charge in [-0.2, -0.15) is 0 Å². The summed E-state index contributed by atoms with van der Waals surface area (Å²) in [6.45, 7) is 0.591. The zero-order chi connectivity index (χ0) is 20.0. The number of aliphatic hydroxyl groups excluding tert-OH is 1. The Bertz CT molecular complexity index is 1110. The Balaban J connectivity index is 2.03. The predicted molar refractivity (Wildman–Crippen MR) is 104 cm³/mol. The molecule has 0 amide bonds. The van der Waals surface area contributed by atoms with Crippen molar-refractivity contribution < 1.29 is 24.8 Å². The average molecular weight is 383 g/mol. The van der Waals surface area contributed by atoms with E-state index >= 15 is 0 Å². The standard InChI is InChI=1S/C21H21NO6/c1-22-7-6-11(13(22)10-23)19-15(25)8-16(26)20-17(27)9-18(28-21(19)20)12-4-2-3-5-14(12)24/h2-5,8-9,11,13,23-26H,6-7,10H2,1H3/t11-,13+/m1/s1. The summed E-state index contributed by atoms with van der Waals surface area (Å²) in [4.78, 5) is 14.7. The maximum Gasteiger partial charge on any atom is 0.197 e. The molecule has 7 heteroatoms. The third kappa shape index (κ3) is 2.80. The minimum absolute atomic E-state index is 0.0294. The van der Waals surface area contributed by atoms with Crippen LogP contribution in [0.5, 0.6) is 17.2 Å². The lowest BCUT2D eigenvalue weighted by Crippen LogP contribution is -2.32. The molecule has 1 aliphatic rings. The second-order valence-electron chi connectivity index (χ2n) is 7.15. The molecule has 28 heavy (non-hydrogen) atoms. The molecule has 1 aliphatic heterocycles. The number of phenols is 3. The van der Waals surface area contributed by atoms with Gasteiger partial charge in [-0.3, -0.25) is 4.79 Å². The fourth-order valence-electron chi connectivity index (χ4n) is 4.11. The van der Waals surface area contributed by atoms with Gasteiger partial charge in [0.05, 0.1) is 12.2 Å². The Morgan fingerprint density at radius 2 is 1.86 bits per heavy atom. The molecule has 3 aromatic rings. The van der Waals surface area contributed by atoms with Gasteiger partial charge >= 0.3 is 0 Å². The number of hydrogen-bond donors (Lipinski definition) is 4. The third-order valence-electron chi connectivity index (χ3n) is 5.55. The number of phenolic OH excluding ortho intramolecular Hbond substituents is 3. The van der Waals surface area contributed by atoms with Crippen LogP contribution in [0.15, 0.2) is 45.6 Å². The molecule has 1 fully saturated rings. The van der Waals surface area contributed by atoms with Gasteiger partial charge in [0.2, 0.25) is 0 Å². The first-order valence-corrected chi connectivity index (χ1v) is 9.04. The molecule has 0 spiro atoms. The summed E-state index contributed by atoms with van der Waals surface area (Å²) >= 11 is 0. The molecular formula is C21H21NO6. The van der Waals surface area contributed by atoms with Crippen molar-refractivity contribution in [1.82, 2.24) is 4.90 Å². The van der Waals surface area contributed by atoms with Crippen molar-refractivity contribution in [3.05, 3.63) is 52.2 Å². The van der Waals surface area contributed by atoms with E-state index in [1.54, 1.807) is 18.2 Å². The van der Waals surface area contributed by atoms with E-state index in [0.717, 1.165) is 6.07 Å². The van der Waals surface area contributed by atoms with Gasteiger partial charge in [-0.15, -0.1) is 0 Å². The first-order chi connectivity index (χ1) is 13.4. The molecule has 0 unspecified atom stereocenters. The summed E-state index contributed by atoms with van der Waals surface area (Å²) < 4.78 is 5.96. The summed E-state index contributed by atoms with van der Waals surface area (Å²) in [7, 11) is 1.88. The molecule has 0 aliphatic carbocycles. The number of likely N-dealkylation sites (N-methyl/N-ethyl adjacent to an activating group) is 1. The molecule has 0 saturated carbocycles. The Labute approximate surface area is 160 Å².